The number of fused-ring (bicyclic) bond motifs is 1. The smallest absolute Gasteiger partial charge is 0.159 e. The zero-order chi connectivity index (χ0) is 18.3. The highest BCUT2D eigenvalue weighted by Crippen LogP contribution is 2.22. The number of benzene rings is 1. The van der Waals surface area contributed by atoms with Gasteiger partial charge in [-0.15, -0.1) is 0 Å². The number of rotatable bonds is 3. The number of carbonyl (C=O) groups is 1. The summed E-state index contributed by atoms with van der Waals surface area (Å²) in [6.07, 6.45) is 0. The van der Waals surface area contributed by atoms with E-state index >= 15 is 0 Å². The average Bonchev–Trinajstić information content (AvgIpc) is 3.01. The number of anilines is 2. The van der Waals surface area contributed by atoms with Gasteiger partial charge in [0.2, 0.25) is 0 Å². The van der Waals surface area contributed by atoms with Gasteiger partial charge in [0.25, 0.3) is 0 Å². The van der Waals surface area contributed by atoms with Crippen molar-refractivity contribution in [2.24, 2.45) is 0 Å². The molecule has 4 rings (SSSR count). The van der Waals surface area contributed by atoms with Crippen LogP contribution in [0.5, 0.6) is 0 Å². The Morgan fingerprint density at radius 2 is 1.58 bits per heavy atom. The normalized spacial score (nSPS) is 14.9. The number of nitrogens with zero attached hydrogens (tertiary/aromatic N) is 5. The molecule has 0 unspecified atom stereocenters. The summed E-state index contributed by atoms with van der Waals surface area (Å²) in [4.78, 5) is 20.7. The van der Waals surface area contributed by atoms with E-state index in [1.165, 1.54) is 5.69 Å². The Labute approximate surface area is 153 Å². The molecule has 0 radical (unpaired) electrons. The van der Waals surface area contributed by atoms with Gasteiger partial charge in [-0.3, -0.25) is 4.79 Å². The van der Waals surface area contributed by atoms with Gasteiger partial charge in [-0.05, 0) is 45.0 Å². The lowest BCUT2D eigenvalue weighted by atomic mass is 10.1. The van der Waals surface area contributed by atoms with Crippen LogP contribution in [0.3, 0.4) is 0 Å². The molecule has 0 N–H and O–H groups in total. The second-order valence-electron chi connectivity index (χ2n) is 6.89. The summed E-state index contributed by atoms with van der Waals surface area (Å²) < 4.78 is 1.94. The molecule has 1 aliphatic heterocycles. The van der Waals surface area contributed by atoms with Crippen LogP contribution in [0.25, 0.3) is 5.65 Å². The lowest BCUT2D eigenvalue weighted by molar-refractivity contribution is 0.101. The van der Waals surface area contributed by atoms with Crippen LogP contribution in [0.4, 0.5) is 11.5 Å². The molecule has 26 heavy (non-hydrogen) atoms. The minimum atomic E-state index is 0.105. The summed E-state index contributed by atoms with van der Waals surface area (Å²) in [5.74, 6) is 1.21. The molecule has 1 aliphatic rings. The summed E-state index contributed by atoms with van der Waals surface area (Å²) in [5, 5.41) is 4.60. The van der Waals surface area contributed by atoms with Crippen molar-refractivity contribution < 1.29 is 4.79 Å². The van der Waals surface area contributed by atoms with Crippen molar-refractivity contribution in [2.75, 3.05) is 36.0 Å². The Morgan fingerprint density at radius 3 is 2.23 bits per heavy atom. The van der Waals surface area contributed by atoms with Crippen LogP contribution in [-0.4, -0.2) is 46.6 Å². The maximum atomic E-state index is 11.4. The Hall–Kier alpha value is -2.89. The van der Waals surface area contributed by atoms with E-state index in [9.17, 15) is 4.79 Å². The molecule has 134 valence electrons. The molecule has 0 atom stereocenters. The molecule has 1 aromatic carbocycles. The van der Waals surface area contributed by atoms with E-state index in [2.05, 4.69) is 25.9 Å². The molecule has 3 aromatic rings. The zero-order valence-corrected chi connectivity index (χ0v) is 15.4. The first-order chi connectivity index (χ1) is 12.5. The fraction of sp³-hybridized carbons (Fsp3) is 0.350. The molecule has 0 bridgehead atoms. The second-order valence-corrected chi connectivity index (χ2v) is 6.89. The first-order valence-electron chi connectivity index (χ1n) is 8.96. The third kappa shape index (κ3) is 3.03. The summed E-state index contributed by atoms with van der Waals surface area (Å²) in [6.45, 7) is 9.33. The van der Waals surface area contributed by atoms with Crippen LogP contribution < -0.4 is 9.80 Å². The molecule has 0 aliphatic carbocycles. The monoisotopic (exact) mass is 349 g/mol. The van der Waals surface area contributed by atoms with Crippen molar-refractivity contribution in [1.82, 2.24) is 14.6 Å². The molecule has 2 aromatic heterocycles. The average molecular weight is 349 g/mol. The maximum absolute atomic E-state index is 11.4. The van der Waals surface area contributed by atoms with Crippen LogP contribution in [0.15, 0.2) is 36.4 Å². The van der Waals surface area contributed by atoms with E-state index in [0.29, 0.717) is 0 Å². The standard InChI is InChI=1S/C20H23N5O/c1-14-13-20(25-19(21-14)12-15(2)22-25)24-10-8-23(9-11-24)18-6-4-17(5-7-18)16(3)26/h4-7,12-13H,8-11H2,1-3H3. The quantitative estimate of drug-likeness (QED) is 0.681. The molecule has 3 heterocycles. The van der Waals surface area contributed by atoms with E-state index in [1.807, 2.05) is 48.7 Å². The Bertz CT molecular complexity index is 952. The number of hydrogen-bond donors (Lipinski definition) is 0. The molecule has 1 fully saturated rings. The third-order valence-electron chi connectivity index (χ3n) is 4.90. The zero-order valence-electron chi connectivity index (χ0n) is 15.4. The van der Waals surface area contributed by atoms with Gasteiger partial charge in [0.05, 0.1) is 5.69 Å². The number of hydrogen-bond acceptors (Lipinski definition) is 5. The molecular formula is C20H23N5O. The molecule has 6 heteroatoms. The van der Waals surface area contributed by atoms with Gasteiger partial charge in [-0.1, -0.05) is 0 Å². The van der Waals surface area contributed by atoms with Gasteiger partial charge in [0.1, 0.15) is 5.82 Å². The van der Waals surface area contributed by atoms with Gasteiger partial charge >= 0.3 is 0 Å². The highest BCUT2D eigenvalue weighted by Gasteiger charge is 2.20. The highest BCUT2D eigenvalue weighted by molar-refractivity contribution is 5.94. The fourth-order valence-electron chi connectivity index (χ4n) is 3.52. The third-order valence-corrected chi connectivity index (χ3v) is 4.90. The molecule has 6 nitrogen and oxygen atoms in total. The number of aromatic nitrogens is 3. The second kappa shape index (κ2) is 6.44. The van der Waals surface area contributed by atoms with Crippen molar-refractivity contribution in [3.05, 3.63) is 53.3 Å². The van der Waals surface area contributed by atoms with Gasteiger partial charge in [0.15, 0.2) is 11.4 Å². The number of aryl methyl sites for hydroxylation is 2. The minimum absolute atomic E-state index is 0.105. The Kier molecular flexibility index (Phi) is 4.11. The fourth-order valence-corrected chi connectivity index (χ4v) is 3.52. The number of piperazine rings is 1. The van der Waals surface area contributed by atoms with Crippen LogP contribution in [-0.2, 0) is 0 Å². The van der Waals surface area contributed by atoms with Crippen molar-refractivity contribution >= 4 is 22.9 Å². The van der Waals surface area contributed by atoms with Crippen molar-refractivity contribution in [2.45, 2.75) is 20.8 Å². The van der Waals surface area contributed by atoms with E-state index in [1.54, 1.807) is 6.92 Å². The lowest BCUT2D eigenvalue weighted by Gasteiger charge is -2.37. The topological polar surface area (TPSA) is 53.7 Å². The van der Waals surface area contributed by atoms with E-state index in [4.69, 9.17) is 0 Å². The Morgan fingerprint density at radius 1 is 0.923 bits per heavy atom. The van der Waals surface area contributed by atoms with Gasteiger partial charge in [-0.25, -0.2) is 4.98 Å². The van der Waals surface area contributed by atoms with Gasteiger partial charge < -0.3 is 9.80 Å². The largest absolute Gasteiger partial charge is 0.368 e. The summed E-state index contributed by atoms with van der Waals surface area (Å²) in [5.41, 5.74) is 4.82. The minimum Gasteiger partial charge on any atom is -0.368 e. The predicted molar refractivity (Wildman–Crippen MR) is 103 cm³/mol. The van der Waals surface area contributed by atoms with Crippen LogP contribution in [0.1, 0.15) is 28.7 Å². The van der Waals surface area contributed by atoms with Crippen molar-refractivity contribution in [3.63, 3.8) is 0 Å². The van der Waals surface area contributed by atoms with Gasteiger partial charge in [-0.2, -0.15) is 9.61 Å². The summed E-state index contributed by atoms with van der Waals surface area (Å²) >= 11 is 0. The number of ketones is 1. The molecule has 1 saturated heterocycles. The molecular weight excluding hydrogens is 326 g/mol. The lowest BCUT2D eigenvalue weighted by Crippen LogP contribution is -2.47. The van der Waals surface area contributed by atoms with E-state index in [0.717, 1.165) is 54.6 Å². The molecule has 0 saturated carbocycles. The maximum Gasteiger partial charge on any atom is 0.159 e. The SMILES string of the molecule is CC(=O)c1ccc(N2CCN(c3cc(C)nc4cc(C)nn34)CC2)cc1. The number of Topliss-reactive ketones (excluding diaryl/α,β-unsaturated/α-hetero) is 1. The molecule has 0 spiro atoms. The number of carbonyl (C=O) groups excluding carboxylic acids is 1. The van der Waals surface area contributed by atoms with Gasteiger partial charge in [0, 0.05) is 55.3 Å². The predicted octanol–water partition coefficient (Wildman–Crippen LogP) is 2.88. The summed E-state index contributed by atoms with van der Waals surface area (Å²) in [6, 6.07) is 12.0. The Balaban J connectivity index is 1.53. The highest BCUT2D eigenvalue weighted by atomic mass is 16.1. The molecule has 0 amide bonds. The first kappa shape index (κ1) is 16.6. The van der Waals surface area contributed by atoms with Crippen LogP contribution >= 0.6 is 0 Å². The van der Waals surface area contributed by atoms with Crippen LogP contribution in [0, 0.1) is 13.8 Å². The first-order valence-corrected chi connectivity index (χ1v) is 8.96. The summed E-state index contributed by atoms with van der Waals surface area (Å²) in [7, 11) is 0. The van der Waals surface area contributed by atoms with Crippen molar-refractivity contribution in [1.29, 1.82) is 0 Å². The van der Waals surface area contributed by atoms with Crippen molar-refractivity contribution in [3.8, 4) is 0 Å². The van der Waals surface area contributed by atoms with E-state index < -0.39 is 0 Å². The van der Waals surface area contributed by atoms with Crippen LogP contribution in [0.2, 0.25) is 0 Å². The van der Waals surface area contributed by atoms with E-state index in [-0.39, 0.29) is 5.78 Å².